The van der Waals surface area contributed by atoms with Gasteiger partial charge in [-0.1, -0.05) is 11.6 Å². The van der Waals surface area contributed by atoms with Gasteiger partial charge in [-0.15, -0.1) is 0 Å². The van der Waals surface area contributed by atoms with Gasteiger partial charge in [0, 0.05) is 11.5 Å². The zero-order chi connectivity index (χ0) is 19.5. The number of benzene rings is 2. The van der Waals surface area contributed by atoms with Crippen molar-refractivity contribution in [3.63, 3.8) is 0 Å². The molecule has 1 saturated heterocycles. The third kappa shape index (κ3) is 3.60. The summed E-state index contributed by atoms with van der Waals surface area (Å²) in [5.41, 5.74) is 3.84. The molecular formula is C22H24ClN3O2. The lowest BCUT2D eigenvalue weighted by atomic mass is 9.94. The average molecular weight is 398 g/mol. The molecule has 0 radical (unpaired) electrons. The molecule has 2 aromatic carbocycles. The molecule has 0 bridgehead atoms. The maximum atomic E-state index is 6.92. The fraction of sp³-hybridized carbons (Fsp3) is 0.318. The van der Waals surface area contributed by atoms with Crippen LogP contribution in [0.2, 0.25) is 5.02 Å². The first-order valence-electron chi connectivity index (χ1n) is 9.49. The van der Waals surface area contributed by atoms with Crippen LogP contribution < -0.4 is 14.8 Å². The predicted octanol–water partition coefficient (Wildman–Crippen LogP) is 4.68. The second-order valence-electron chi connectivity index (χ2n) is 6.91. The van der Waals surface area contributed by atoms with E-state index in [1.54, 1.807) is 14.2 Å². The Kier molecular flexibility index (Phi) is 5.55. The summed E-state index contributed by atoms with van der Waals surface area (Å²) >= 11 is 6.92. The second-order valence-corrected chi connectivity index (χ2v) is 7.29. The zero-order valence-electron chi connectivity index (χ0n) is 16.1. The summed E-state index contributed by atoms with van der Waals surface area (Å²) < 4.78 is 12.5. The fourth-order valence-corrected chi connectivity index (χ4v) is 4.06. The summed E-state index contributed by atoms with van der Waals surface area (Å²) in [6.45, 7) is 1.99. The number of ether oxygens (including phenoxy) is 2. The van der Waals surface area contributed by atoms with E-state index in [0.29, 0.717) is 5.92 Å². The summed E-state index contributed by atoms with van der Waals surface area (Å²) in [5, 5.41) is 9.10. The molecule has 0 spiro atoms. The Bertz CT molecular complexity index is 930. The third-order valence-corrected chi connectivity index (χ3v) is 5.63. The number of piperidine rings is 1. The van der Waals surface area contributed by atoms with Crippen LogP contribution in [0.15, 0.2) is 48.5 Å². The number of rotatable bonds is 5. The van der Waals surface area contributed by atoms with Crippen LogP contribution in [0.4, 0.5) is 0 Å². The molecule has 3 aromatic rings. The van der Waals surface area contributed by atoms with E-state index in [9.17, 15) is 0 Å². The van der Waals surface area contributed by atoms with Gasteiger partial charge in [-0.25, -0.2) is 4.68 Å². The van der Waals surface area contributed by atoms with Crippen LogP contribution in [0.1, 0.15) is 24.5 Å². The van der Waals surface area contributed by atoms with Crippen molar-refractivity contribution in [2.45, 2.75) is 18.8 Å². The van der Waals surface area contributed by atoms with Crippen molar-refractivity contribution in [3.05, 3.63) is 59.2 Å². The molecule has 1 fully saturated rings. The van der Waals surface area contributed by atoms with Crippen molar-refractivity contribution in [2.24, 2.45) is 0 Å². The molecule has 4 rings (SSSR count). The number of nitrogens with zero attached hydrogens (tertiary/aromatic N) is 2. The molecule has 1 aliphatic rings. The summed E-state index contributed by atoms with van der Waals surface area (Å²) in [5.74, 6) is 1.99. The van der Waals surface area contributed by atoms with Crippen LogP contribution in [-0.4, -0.2) is 37.1 Å². The molecule has 1 N–H and O–H groups in total. The van der Waals surface area contributed by atoms with Gasteiger partial charge < -0.3 is 14.8 Å². The van der Waals surface area contributed by atoms with Gasteiger partial charge in [0.1, 0.15) is 11.5 Å². The normalized spacial score (nSPS) is 14.8. The zero-order valence-corrected chi connectivity index (χ0v) is 16.9. The summed E-state index contributed by atoms with van der Waals surface area (Å²) in [4.78, 5) is 0. The molecule has 1 aromatic heterocycles. The van der Waals surface area contributed by atoms with E-state index in [1.165, 1.54) is 0 Å². The van der Waals surface area contributed by atoms with Gasteiger partial charge >= 0.3 is 0 Å². The number of hydrogen-bond donors (Lipinski definition) is 1. The van der Waals surface area contributed by atoms with Crippen molar-refractivity contribution in [1.82, 2.24) is 15.1 Å². The maximum Gasteiger partial charge on any atom is 0.119 e. The molecule has 0 aliphatic carbocycles. The molecule has 6 heteroatoms. The highest BCUT2D eigenvalue weighted by atomic mass is 35.5. The van der Waals surface area contributed by atoms with Crippen molar-refractivity contribution >= 4 is 11.6 Å². The predicted molar refractivity (Wildman–Crippen MR) is 112 cm³/mol. The molecule has 2 heterocycles. The van der Waals surface area contributed by atoms with Gasteiger partial charge in [-0.3, -0.25) is 0 Å². The molecule has 28 heavy (non-hydrogen) atoms. The molecule has 0 amide bonds. The van der Waals surface area contributed by atoms with Gasteiger partial charge in [0.25, 0.3) is 0 Å². The van der Waals surface area contributed by atoms with Gasteiger partial charge in [-0.2, -0.15) is 5.10 Å². The lowest BCUT2D eigenvalue weighted by Gasteiger charge is -2.21. The van der Waals surface area contributed by atoms with E-state index in [0.717, 1.165) is 65.1 Å². The first-order valence-corrected chi connectivity index (χ1v) is 9.87. The topological polar surface area (TPSA) is 48.3 Å². The van der Waals surface area contributed by atoms with Crippen molar-refractivity contribution in [3.8, 4) is 28.4 Å². The van der Waals surface area contributed by atoms with Crippen LogP contribution in [0.3, 0.4) is 0 Å². The quantitative estimate of drug-likeness (QED) is 0.679. The second kappa shape index (κ2) is 8.25. The summed E-state index contributed by atoms with van der Waals surface area (Å²) in [6.07, 6.45) is 2.09. The van der Waals surface area contributed by atoms with E-state index in [1.807, 2.05) is 53.2 Å². The number of hydrogen-bond acceptors (Lipinski definition) is 4. The SMILES string of the molecule is COc1ccc(-c2c(Cl)c(C3CCNCC3)nn2-c2ccc(OC)cc2)cc1. The van der Waals surface area contributed by atoms with Crippen LogP contribution in [0.5, 0.6) is 11.5 Å². The van der Waals surface area contributed by atoms with Crippen LogP contribution in [0.25, 0.3) is 16.9 Å². The number of aromatic nitrogens is 2. The van der Waals surface area contributed by atoms with Crippen molar-refractivity contribution in [2.75, 3.05) is 27.3 Å². The Labute approximate surface area is 170 Å². The van der Waals surface area contributed by atoms with Crippen molar-refractivity contribution < 1.29 is 9.47 Å². The molecule has 0 atom stereocenters. The smallest absolute Gasteiger partial charge is 0.119 e. The minimum absolute atomic E-state index is 0.366. The summed E-state index contributed by atoms with van der Waals surface area (Å²) in [7, 11) is 3.33. The van der Waals surface area contributed by atoms with E-state index < -0.39 is 0 Å². The molecular weight excluding hydrogens is 374 g/mol. The maximum absolute atomic E-state index is 6.92. The Balaban J connectivity index is 1.83. The van der Waals surface area contributed by atoms with Crippen LogP contribution in [0, 0.1) is 0 Å². The van der Waals surface area contributed by atoms with Gasteiger partial charge in [0.2, 0.25) is 0 Å². The molecule has 146 valence electrons. The fourth-order valence-electron chi connectivity index (χ4n) is 3.68. The molecule has 1 aliphatic heterocycles. The standard InChI is InChI=1S/C22H24ClN3O2/c1-27-18-7-3-16(4-8-18)22-20(23)21(15-11-13-24-14-12-15)25-26(22)17-5-9-19(28-2)10-6-17/h3-10,15,24H,11-14H2,1-2H3. The number of halogens is 1. The van der Waals surface area contributed by atoms with Crippen LogP contribution >= 0.6 is 11.6 Å². The van der Waals surface area contributed by atoms with E-state index in [2.05, 4.69) is 5.32 Å². The number of methoxy groups -OCH3 is 2. The monoisotopic (exact) mass is 397 g/mol. The lowest BCUT2D eigenvalue weighted by molar-refractivity contribution is 0.414. The first-order chi connectivity index (χ1) is 13.7. The minimum atomic E-state index is 0.366. The Morgan fingerprint density at radius 1 is 0.929 bits per heavy atom. The van der Waals surface area contributed by atoms with Crippen LogP contribution in [-0.2, 0) is 0 Å². The van der Waals surface area contributed by atoms with Crippen molar-refractivity contribution in [1.29, 1.82) is 0 Å². The number of nitrogens with one attached hydrogen (secondary N) is 1. The minimum Gasteiger partial charge on any atom is -0.497 e. The molecule has 5 nitrogen and oxygen atoms in total. The highest BCUT2D eigenvalue weighted by Gasteiger charge is 2.26. The lowest BCUT2D eigenvalue weighted by Crippen LogP contribution is -2.27. The van der Waals surface area contributed by atoms with Gasteiger partial charge in [0.05, 0.1) is 36.3 Å². The molecule has 0 saturated carbocycles. The van der Waals surface area contributed by atoms with E-state index in [4.69, 9.17) is 26.2 Å². The molecule has 0 unspecified atom stereocenters. The summed E-state index contributed by atoms with van der Waals surface area (Å²) in [6, 6.07) is 15.8. The van der Waals surface area contributed by atoms with E-state index in [-0.39, 0.29) is 0 Å². The Morgan fingerprint density at radius 2 is 1.50 bits per heavy atom. The third-order valence-electron chi connectivity index (χ3n) is 5.26. The Morgan fingerprint density at radius 3 is 2.07 bits per heavy atom. The highest BCUT2D eigenvalue weighted by Crippen LogP contribution is 2.39. The van der Waals surface area contributed by atoms with Gasteiger partial charge in [0.15, 0.2) is 0 Å². The largest absolute Gasteiger partial charge is 0.497 e. The highest BCUT2D eigenvalue weighted by molar-refractivity contribution is 6.34. The average Bonchev–Trinajstić information content (AvgIpc) is 3.11. The van der Waals surface area contributed by atoms with E-state index >= 15 is 0 Å². The van der Waals surface area contributed by atoms with Gasteiger partial charge in [-0.05, 0) is 74.5 Å². The Hall–Kier alpha value is -2.50. The first kappa shape index (κ1) is 18.8.